The molecule has 1 unspecified atom stereocenters. The summed E-state index contributed by atoms with van der Waals surface area (Å²) in [7, 11) is 0. The normalized spacial score (nSPS) is 12.4. The average molecular weight is 285 g/mol. The van der Waals surface area contributed by atoms with E-state index in [1.54, 1.807) is 18.2 Å². The van der Waals surface area contributed by atoms with Gasteiger partial charge in [-0.15, -0.1) is 0 Å². The summed E-state index contributed by atoms with van der Waals surface area (Å²) in [5.41, 5.74) is 1.26. The van der Waals surface area contributed by atoms with Crippen molar-refractivity contribution < 1.29 is 9.50 Å². The Morgan fingerprint density at radius 2 is 1.89 bits per heavy atom. The van der Waals surface area contributed by atoms with Crippen molar-refractivity contribution in [1.82, 2.24) is 0 Å². The summed E-state index contributed by atoms with van der Waals surface area (Å²) in [5.74, 6) is -0.417. The van der Waals surface area contributed by atoms with Crippen LogP contribution in [0.25, 0.3) is 0 Å². The summed E-state index contributed by atoms with van der Waals surface area (Å²) in [6.45, 7) is 0. The van der Waals surface area contributed by atoms with E-state index in [0.29, 0.717) is 22.0 Å². The monoisotopic (exact) mass is 284 g/mol. The van der Waals surface area contributed by atoms with E-state index in [-0.39, 0.29) is 0 Å². The van der Waals surface area contributed by atoms with Gasteiger partial charge in [0.05, 0.1) is 6.10 Å². The van der Waals surface area contributed by atoms with E-state index in [9.17, 15) is 9.50 Å². The highest BCUT2D eigenvalue weighted by Crippen LogP contribution is 2.27. The quantitative estimate of drug-likeness (QED) is 0.885. The molecule has 2 aromatic carbocycles. The van der Waals surface area contributed by atoms with Crippen molar-refractivity contribution in [2.75, 3.05) is 0 Å². The molecule has 4 heteroatoms. The smallest absolute Gasteiger partial charge is 0.123 e. The lowest BCUT2D eigenvalue weighted by molar-refractivity contribution is 0.178. The molecule has 2 rings (SSSR count). The van der Waals surface area contributed by atoms with Gasteiger partial charge in [0, 0.05) is 22.0 Å². The molecule has 0 saturated carbocycles. The van der Waals surface area contributed by atoms with E-state index in [1.165, 1.54) is 18.2 Å². The van der Waals surface area contributed by atoms with Crippen molar-refractivity contribution in [2.45, 2.75) is 12.5 Å². The van der Waals surface area contributed by atoms with E-state index < -0.39 is 11.9 Å². The Kier molecular flexibility index (Phi) is 4.23. The summed E-state index contributed by atoms with van der Waals surface area (Å²) in [4.78, 5) is 0. The molecular weight excluding hydrogens is 274 g/mol. The number of hydrogen-bond acceptors (Lipinski definition) is 1. The summed E-state index contributed by atoms with van der Waals surface area (Å²) >= 11 is 11.8. The second kappa shape index (κ2) is 5.70. The minimum atomic E-state index is -0.855. The number of hydrogen-bond donors (Lipinski definition) is 1. The lowest BCUT2D eigenvalue weighted by Gasteiger charge is -2.13. The molecule has 0 radical (unpaired) electrons. The predicted octanol–water partition coefficient (Wildman–Crippen LogP) is 4.41. The number of rotatable bonds is 3. The number of aliphatic hydroxyl groups is 1. The first-order valence-electron chi connectivity index (χ1n) is 5.44. The maximum atomic E-state index is 13.1. The predicted molar refractivity (Wildman–Crippen MR) is 71.5 cm³/mol. The van der Waals surface area contributed by atoms with Gasteiger partial charge in [0.2, 0.25) is 0 Å². The molecule has 94 valence electrons. The third-order valence-corrected chi connectivity index (χ3v) is 3.21. The summed E-state index contributed by atoms with van der Waals surface area (Å²) < 4.78 is 13.1. The van der Waals surface area contributed by atoms with Gasteiger partial charge < -0.3 is 5.11 Å². The van der Waals surface area contributed by atoms with Gasteiger partial charge in [0.25, 0.3) is 0 Å². The van der Waals surface area contributed by atoms with Crippen LogP contribution in [0.5, 0.6) is 0 Å². The first kappa shape index (κ1) is 13.3. The van der Waals surface area contributed by atoms with Gasteiger partial charge in [-0.1, -0.05) is 35.3 Å². The van der Waals surface area contributed by atoms with E-state index in [2.05, 4.69) is 0 Å². The molecule has 0 aliphatic carbocycles. The van der Waals surface area contributed by atoms with Crippen LogP contribution in [0.1, 0.15) is 17.2 Å². The van der Waals surface area contributed by atoms with Crippen LogP contribution in [0.3, 0.4) is 0 Å². The van der Waals surface area contributed by atoms with E-state index in [1.807, 2.05) is 6.07 Å². The lowest BCUT2D eigenvalue weighted by Crippen LogP contribution is -2.03. The molecule has 0 amide bonds. The Bertz CT molecular complexity index is 557. The van der Waals surface area contributed by atoms with Crippen LogP contribution in [0.2, 0.25) is 10.0 Å². The minimum absolute atomic E-state index is 0.337. The molecule has 0 aromatic heterocycles. The van der Waals surface area contributed by atoms with Gasteiger partial charge in [0.1, 0.15) is 5.82 Å². The highest BCUT2D eigenvalue weighted by molar-refractivity contribution is 6.31. The van der Waals surface area contributed by atoms with Crippen molar-refractivity contribution in [2.24, 2.45) is 0 Å². The Morgan fingerprint density at radius 3 is 2.61 bits per heavy atom. The van der Waals surface area contributed by atoms with Crippen LogP contribution in [0.4, 0.5) is 4.39 Å². The Labute approximate surface area is 115 Å². The van der Waals surface area contributed by atoms with Gasteiger partial charge in [0.15, 0.2) is 0 Å². The molecule has 0 aliphatic heterocycles. The Morgan fingerprint density at radius 1 is 1.11 bits per heavy atom. The zero-order valence-corrected chi connectivity index (χ0v) is 10.9. The van der Waals surface area contributed by atoms with Crippen LogP contribution >= 0.6 is 23.2 Å². The number of halogens is 3. The van der Waals surface area contributed by atoms with Gasteiger partial charge in [-0.2, -0.15) is 0 Å². The maximum absolute atomic E-state index is 13.1. The third-order valence-electron chi connectivity index (χ3n) is 2.64. The first-order valence-corrected chi connectivity index (χ1v) is 6.19. The fraction of sp³-hybridized carbons (Fsp3) is 0.143. The van der Waals surface area contributed by atoms with Crippen LogP contribution in [-0.2, 0) is 6.42 Å². The first-order chi connectivity index (χ1) is 8.56. The standard InChI is InChI=1S/C14H11Cl2FO/c15-10-3-1-2-9(6-10)7-14(18)12-8-11(17)4-5-13(12)16/h1-6,8,14,18H,7H2. The van der Waals surface area contributed by atoms with Crippen molar-refractivity contribution in [3.63, 3.8) is 0 Å². The molecule has 0 saturated heterocycles. The molecule has 0 bridgehead atoms. The third kappa shape index (κ3) is 3.22. The maximum Gasteiger partial charge on any atom is 0.123 e. The fourth-order valence-corrected chi connectivity index (χ4v) is 2.22. The molecule has 1 atom stereocenters. The molecule has 2 aromatic rings. The van der Waals surface area contributed by atoms with Gasteiger partial charge in [-0.3, -0.25) is 0 Å². The van der Waals surface area contributed by atoms with Crippen LogP contribution in [0.15, 0.2) is 42.5 Å². The lowest BCUT2D eigenvalue weighted by atomic mass is 10.0. The minimum Gasteiger partial charge on any atom is -0.388 e. The molecule has 18 heavy (non-hydrogen) atoms. The van der Waals surface area contributed by atoms with Crippen molar-refractivity contribution in [1.29, 1.82) is 0 Å². The highest BCUT2D eigenvalue weighted by atomic mass is 35.5. The fourth-order valence-electron chi connectivity index (χ4n) is 1.77. The number of benzene rings is 2. The van der Waals surface area contributed by atoms with Crippen LogP contribution in [-0.4, -0.2) is 5.11 Å². The number of aliphatic hydroxyl groups excluding tert-OH is 1. The zero-order valence-electron chi connectivity index (χ0n) is 9.41. The Hall–Kier alpha value is -1.09. The molecular formula is C14H11Cl2FO. The molecule has 0 aliphatic rings. The molecule has 1 N–H and O–H groups in total. The van der Waals surface area contributed by atoms with Crippen molar-refractivity contribution in [3.8, 4) is 0 Å². The highest BCUT2D eigenvalue weighted by Gasteiger charge is 2.13. The van der Waals surface area contributed by atoms with Gasteiger partial charge >= 0.3 is 0 Å². The van der Waals surface area contributed by atoms with E-state index in [0.717, 1.165) is 5.56 Å². The average Bonchev–Trinajstić information content (AvgIpc) is 2.32. The van der Waals surface area contributed by atoms with Crippen LogP contribution < -0.4 is 0 Å². The Balaban J connectivity index is 2.21. The van der Waals surface area contributed by atoms with Crippen molar-refractivity contribution >= 4 is 23.2 Å². The summed E-state index contributed by atoms with van der Waals surface area (Å²) in [6.07, 6.45) is -0.518. The largest absolute Gasteiger partial charge is 0.388 e. The van der Waals surface area contributed by atoms with Crippen LogP contribution in [0, 0.1) is 5.82 Å². The molecule has 0 spiro atoms. The van der Waals surface area contributed by atoms with E-state index >= 15 is 0 Å². The molecule has 0 fully saturated rings. The van der Waals surface area contributed by atoms with Gasteiger partial charge in [-0.05, 0) is 35.9 Å². The topological polar surface area (TPSA) is 20.2 Å². The van der Waals surface area contributed by atoms with Gasteiger partial charge in [-0.25, -0.2) is 4.39 Å². The SMILES string of the molecule is OC(Cc1cccc(Cl)c1)c1cc(F)ccc1Cl. The van der Waals surface area contributed by atoms with E-state index in [4.69, 9.17) is 23.2 Å². The molecule has 1 nitrogen and oxygen atoms in total. The molecule has 0 heterocycles. The summed E-state index contributed by atoms with van der Waals surface area (Å²) in [5, 5.41) is 11.0. The zero-order chi connectivity index (χ0) is 13.1. The van der Waals surface area contributed by atoms with Crippen molar-refractivity contribution in [3.05, 3.63) is 69.5 Å². The second-order valence-electron chi connectivity index (χ2n) is 4.02. The summed E-state index contributed by atoms with van der Waals surface area (Å²) in [6, 6.07) is 11.1. The second-order valence-corrected chi connectivity index (χ2v) is 4.86.